The Labute approximate surface area is 114 Å². The van der Waals surface area contributed by atoms with Crippen LogP contribution < -0.4 is 11.1 Å². The largest absolute Gasteiger partial charge is 0.347 e. The van der Waals surface area contributed by atoms with E-state index in [4.69, 9.17) is 5.73 Å². The first-order valence-corrected chi connectivity index (χ1v) is 7.54. The summed E-state index contributed by atoms with van der Waals surface area (Å²) in [6.07, 6.45) is 4.18. The molecule has 3 N–H and O–H groups in total. The van der Waals surface area contributed by atoms with Crippen LogP contribution in [0.1, 0.15) is 53.2 Å². The first-order chi connectivity index (χ1) is 8.62. The molecule has 0 aliphatic carbocycles. The fourth-order valence-electron chi connectivity index (χ4n) is 1.94. The highest BCUT2D eigenvalue weighted by Crippen LogP contribution is 2.22. The molecule has 1 atom stereocenters. The summed E-state index contributed by atoms with van der Waals surface area (Å²) in [5, 5.41) is 3.03. The molecule has 0 bridgehead atoms. The minimum Gasteiger partial charge on any atom is -0.347 e. The van der Waals surface area contributed by atoms with Crippen LogP contribution in [0, 0.1) is 6.92 Å². The van der Waals surface area contributed by atoms with Gasteiger partial charge in [-0.1, -0.05) is 26.7 Å². The molecule has 0 aromatic carbocycles. The van der Waals surface area contributed by atoms with Crippen LogP contribution in [0.3, 0.4) is 0 Å². The van der Waals surface area contributed by atoms with Gasteiger partial charge in [-0.25, -0.2) is 0 Å². The molecule has 1 aromatic heterocycles. The van der Waals surface area contributed by atoms with E-state index in [9.17, 15) is 4.79 Å². The Hall–Kier alpha value is -0.870. The van der Waals surface area contributed by atoms with Crippen molar-refractivity contribution in [2.24, 2.45) is 5.73 Å². The number of hydrogen-bond acceptors (Lipinski definition) is 3. The van der Waals surface area contributed by atoms with Gasteiger partial charge in [-0.2, -0.15) is 0 Å². The lowest BCUT2D eigenvalue weighted by Gasteiger charge is -2.15. The number of carbonyl (C=O) groups excluding carboxylic acids is 1. The lowest BCUT2D eigenvalue weighted by molar-refractivity contribution is 0.0940. The summed E-state index contributed by atoms with van der Waals surface area (Å²) in [7, 11) is 0. The van der Waals surface area contributed by atoms with E-state index in [1.165, 1.54) is 10.4 Å². The van der Waals surface area contributed by atoms with Crippen LogP contribution in [-0.2, 0) is 6.42 Å². The Kier molecular flexibility index (Phi) is 6.36. The maximum atomic E-state index is 12.1. The van der Waals surface area contributed by atoms with Crippen LogP contribution in [0.2, 0.25) is 0 Å². The standard InChI is InChI=1S/C14H24N2OS/c1-4-6-7-11(9-15)16-14(17)13-8-10(3)12(5-2)18-13/h8,11H,4-7,9,15H2,1-3H3,(H,16,17). The number of unbranched alkanes of at least 4 members (excludes halogenated alkanes) is 1. The molecule has 4 heteroatoms. The van der Waals surface area contributed by atoms with Crippen molar-refractivity contribution >= 4 is 17.2 Å². The zero-order valence-electron chi connectivity index (χ0n) is 11.6. The third-order valence-corrected chi connectivity index (χ3v) is 4.47. The van der Waals surface area contributed by atoms with E-state index in [1.807, 2.05) is 6.07 Å². The molecule has 1 amide bonds. The predicted molar refractivity (Wildman–Crippen MR) is 78.3 cm³/mol. The van der Waals surface area contributed by atoms with Gasteiger partial charge in [0.25, 0.3) is 5.91 Å². The fraction of sp³-hybridized carbons (Fsp3) is 0.643. The summed E-state index contributed by atoms with van der Waals surface area (Å²) >= 11 is 1.59. The van der Waals surface area contributed by atoms with E-state index in [1.54, 1.807) is 11.3 Å². The number of aryl methyl sites for hydroxylation is 2. The van der Waals surface area contributed by atoms with Crippen molar-refractivity contribution in [1.82, 2.24) is 5.32 Å². The number of nitrogens with two attached hydrogens (primary N) is 1. The minimum atomic E-state index is 0.0225. The van der Waals surface area contributed by atoms with Gasteiger partial charge >= 0.3 is 0 Å². The Bertz CT molecular complexity index is 387. The molecule has 0 radical (unpaired) electrons. The Balaban J connectivity index is 2.62. The third kappa shape index (κ3) is 4.10. The predicted octanol–water partition coefficient (Wildman–Crippen LogP) is 2.87. The highest BCUT2D eigenvalue weighted by Gasteiger charge is 2.15. The molecule has 3 nitrogen and oxygen atoms in total. The van der Waals surface area contributed by atoms with Crippen LogP contribution in [-0.4, -0.2) is 18.5 Å². The fourth-order valence-corrected chi connectivity index (χ4v) is 2.96. The van der Waals surface area contributed by atoms with Crippen LogP contribution >= 0.6 is 11.3 Å². The van der Waals surface area contributed by atoms with E-state index in [2.05, 4.69) is 26.1 Å². The molecular formula is C14H24N2OS. The molecule has 0 spiro atoms. The lowest BCUT2D eigenvalue weighted by Crippen LogP contribution is -2.39. The van der Waals surface area contributed by atoms with Crippen molar-refractivity contribution < 1.29 is 4.79 Å². The van der Waals surface area contributed by atoms with Crippen LogP contribution in [0.4, 0.5) is 0 Å². The molecule has 0 aliphatic rings. The molecule has 1 aromatic rings. The van der Waals surface area contributed by atoms with Gasteiger partial charge in [0.05, 0.1) is 4.88 Å². The number of rotatable bonds is 7. The topological polar surface area (TPSA) is 55.1 Å². The number of amides is 1. The molecule has 1 unspecified atom stereocenters. The van der Waals surface area contributed by atoms with Gasteiger partial charge in [0.2, 0.25) is 0 Å². The second-order valence-corrected chi connectivity index (χ2v) is 5.76. The third-order valence-electron chi connectivity index (χ3n) is 3.09. The van der Waals surface area contributed by atoms with E-state index in [-0.39, 0.29) is 11.9 Å². The van der Waals surface area contributed by atoms with Gasteiger partial charge in [-0.15, -0.1) is 11.3 Å². The highest BCUT2D eigenvalue weighted by atomic mass is 32.1. The van der Waals surface area contributed by atoms with Crippen molar-refractivity contribution in [2.45, 2.75) is 52.5 Å². The Morgan fingerprint density at radius 1 is 1.50 bits per heavy atom. The molecular weight excluding hydrogens is 244 g/mol. The smallest absolute Gasteiger partial charge is 0.261 e. The lowest BCUT2D eigenvalue weighted by atomic mass is 10.1. The summed E-state index contributed by atoms with van der Waals surface area (Å²) in [4.78, 5) is 14.2. The normalized spacial score (nSPS) is 12.4. The second kappa shape index (κ2) is 7.54. The molecule has 1 heterocycles. The van der Waals surface area contributed by atoms with Crippen molar-refractivity contribution in [3.05, 3.63) is 21.4 Å². The molecule has 0 aliphatic heterocycles. The maximum Gasteiger partial charge on any atom is 0.261 e. The van der Waals surface area contributed by atoms with Gasteiger partial charge in [-0.3, -0.25) is 4.79 Å². The average Bonchev–Trinajstić information content (AvgIpc) is 2.75. The van der Waals surface area contributed by atoms with E-state index >= 15 is 0 Å². The highest BCUT2D eigenvalue weighted by molar-refractivity contribution is 7.14. The Morgan fingerprint density at radius 2 is 2.22 bits per heavy atom. The summed E-state index contributed by atoms with van der Waals surface area (Å²) in [6, 6.07) is 2.08. The van der Waals surface area contributed by atoms with Crippen molar-refractivity contribution in [2.75, 3.05) is 6.54 Å². The Morgan fingerprint density at radius 3 is 2.72 bits per heavy atom. The molecule has 0 saturated carbocycles. The summed E-state index contributed by atoms with van der Waals surface area (Å²) in [6.45, 7) is 6.83. The van der Waals surface area contributed by atoms with Gasteiger partial charge in [0.15, 0.2) is 0 Å². The molecule has 0 fully saturated rings. The number of thiophene rings is 1. The first kappa shape index (κ1) is 15.2. The number of nitrogens with one attached hydrogen (secondary N) is 1. The number of carbonyl (C=O) groups is 1. The first-order valence-electron chi connectivity index (χ1n) is 6.72. The molecule has 0 saturated heterocycles. The van der Waals surface area contributed by atoms with Gasteiger partial charge in [0, 0.05) is 17.5 Å². The van der Waals surface area contributed by atoms with E-state index in [0.29, 0.717) is 6.54 Å². The van der Waals surface area contributed by atoms with Gasteiger partial charge in [0.1, 0.15) is 0 Å². The van der Waals surface area contributed by atoms with E-state index in [0.717, 1.165) is 30.6 Å². The van der Waals surface area contributed by atoms with Crippen molar-refractivity contribution in [3.8, 4) is 0 Å². The van der Waals surface area contributed by atoms with Crippen LogP contribution in [0.15, 0.2) is 6.07 Å². The van der Waals surface area contributed by atoms with Gasteiger partial charge < -0.3 is 11.1 Å². The van der Waals surface area contributed by atoms with Crippen molar-refractivity contribution in [1.29, 1.82) is 0 Å². The average molecular weight is 268 g/mol. The quantitative estimate of drug-likeness (QED) is 0.799. The SMILES string of the molecule is CCCCC(CN)NC(=O)c1cc(C)c(CC)s1. The van der Waals surface area contributed by atoms with Crippen LogP contribution in [0.5, 0.6) is 0 Å². The summed E-state index contributed by atoms with van der Waals surface area (Å²) in [5.41, 5.74) is 6.90. The van der Waals surface area contributed by atoms with Gasteiger partial charge in [-0.05, 0) is 31.4 Å². The minimum absolute atomic E-state index is 0.0225. The molecule has 102 valence electrons. The second-order valence-electron chi connectivity index (χ2n) is 4.62. The summed E-state index contributed by atoms with van der Waals surface area (Å²) < 4.78 is 0. The van der Waals surface area contributed by atoms with Crippen LogP contribution in [0.25, 0.3) is 0 Å². The maximum absolute atomic E-state index is 12.1. The monoisotopic (exact) mass is 268 g/mol. The summed E-state index contributed by atoms with van der Waals surface area (Å²) in [5.74, 6) is 0.0225. The number of hydrogen-bond donors (Lipinski definition) is 2. The zero-order chi connectivity index (χ0) is 13.5. The molecule has 18 heavy (non-hydrogen) atoms. The van der Waals surface area contributed by atoms with Crippen molar-refractivity contribution in [3.63, 3.8) is 0 Å². The molecule has 1 rings (SSSR count). The zero-order valence-corrected chi connectivity index (χ0v) is 12.4. The van der Waals surface area contributed by atoms with E-state index < -0.39 is 0 Å².